The fraction of sp³-hybridized carbons (Fsp3) is 0.579. The second kappa shape index (κ2) is 6.93. The van der Waals surface area contributed by atoms with Crippen molar-refractivity contribution in [2.75, 3.05) is 39.5 Å². The van der Waals surface area contributed by atoms with Crippen molar-refractivity contribution < 1.29 is 9.47 Å². The summed E-state index contributed by atoms with van der Waals surface area (Å²) < 4.78 is 10.9. The summed E-state index contributed by atoms with van der Waals surface area (Å²) in [7, 11) is 0. The number of hydrogen-bond donors (Lipinski definition) is 0. The van der Waals surface area contributed by atoms with Gasteiger partial charge in [-0.15, -0.1) is 0 Å². The van der Waals surface area contributed by atoms with Gasteiger partial charge in [0.05, 0.1) is 0 Å². The van der Waals surface area contributed by atoms with Crippen molar-refractivity contribution in [3.05, 3.63) is 35.9 Å². The number of ether oxygens (including phenoxy) is 2. The molecule has 1 atom stereocenters. The van der Waals surface area contributed by atoms with E-state index >= 15 is 0 Å². The van der Waals surface area contributed by atoms with Crippen LogP contribution in [0.25, 0.3) is 0 Å². The Bertz CT molecular complexity index is 564. The smallest absolute Gasteiger partial charge is 0.231 e. The van der Waals surface area contributed by atoms with E-state index in [1.807, 2.05) is 6.07 Å². The van der Waals surface area contributed by atoms with Crippen LogP contribution >= 0.6 is 0 Å². The Morgan fingerprint density at radius 2 is 1.78 bits per heavy atom. The summed E-state index contributed by atoms with van der Waals surface area (Å²) in [5.41, 5.74) is 1.32. The third-order valence-corrected chi connectivity index (χ3v) is 5.20. The van der Waals surface area contributed by atoms with Crippen molar-refractivity contribution in [2.24, 2.45) is 5.92 Å². The Balaban J connectivity index is 1.25. The van der Waals surface area contributed by atoms with Crippen LogP contribution in [0.5, 0.6) is 11.5 Å². The molecule has 0 bridgehead atoms. The Kier molecular flexibility index (Phi) is 4.53. The van der Waals surface area contributed by atoms with Gasteiger partial charge in [-0.2, -0.15) is 0 Å². The van der Waals surface area contributed by atoms with Crippen molar-refractivity contribution in [1.29, 1.82) is 0 Å². The normalized spacial score (nSPS) is 25.0. The summed E-state index contributed by atoms with van der Waals surface area (Å²) in [5, 5.41) is 0. The van der Waals surface area contributed by atoms with Gasteiger partial charge in [-0.05, 0) is 42.9 Å². The van der Waals surface area contributed by atoms with Gasteiger partial charge in [-0.25, -0.2) is 0 Å². The van der Waals surface area contributed by atoms with E-state index in [0.29, 0.717) is 6.79 Å². The minimum absolute atomic E-state index is 0.355. The zero-order chi connectivity index (χ0) is 15.5. The molecule has 2 aliphatic heterocycles. The molecule has 4 nitrogen and oxygen atoms in total. The lowest BCUT2D eigenvalue weighted by atomic mass is 9.94. The van der Waals surface area contributed by atoms with Gasteiger partial charge in [0.25, 0.3) is 0 Å². The third kappa shape index (κ3) is 3.70. The summed E-state index contributed by atoms with van der Waals surface area (Å²) >= 11 is 0. The number of benzene rings is 1. The molecule has 124 valence electrons. The number of fused-ring (bicyclic) bond motifs is 1. The molecule has 23 heavy (non-hydrogen) atoms. The maximum absolute atomic E-state index is 5.48. The van der Waals surface area contributed by atoms with Crippen molar-refractivity contribution in [2.45, 2.75) is 25.8 Å². The fourth-order valence-electron chi connectivity index (χ4n) is 3.81. The number of rotatable bonds is 4. The van der Waals surface area contributed by atoms with Crippen LogP contribution < -0.4 is 9.47 Å². The minimum Gasteiger partial charge on any atom is -0.454 e. The highest BCUT2D eigenvalue weighted by Gasteiger charge is 2.21. The molecule has 0 spiro atoms. The average molecular weight is 314 g/mol. The summed E-state index contributed by atoms with van der Waals surface area (Å²) in [4.78, 5) is 5.20. The largest absolute Gasteiger partial charge is 0.454 e. The van der Waals surface area contributed by atoms with Gasteiger partial charge in [-0.3, -0.25) is 4.90 Å². The highest BCUT2D eigenvalue weighted by atomic mass is 16.7. The summed E-state index contributed by atoms with van der Waals surface area (Å²) in [5.74, 6) is 2.65. The molecule has 3 aliphatic rings. The molecular weight excluding hydrogens is 288 g/mol. The zero-order valence-electron chi connectivity index (χ0n) is 13.7. The minimum atomic E-state index is 0.355. The van der Waals surface area contributed by atoms with Crippen molar-refractivity contribution >= 4 is 0 Å². The van der Waals surface area contributed by atoms with E-state index in [1.165, 1.54) is 44.5 Å². The van der Waals surface area contributed by atoms with Crippen molar-refractivity contribution in [1.82, 2.24) is 9.80 Å². The Morgan fingerprint density at radius 3 is 2.61 bits per heavy atom. The SMILES string of the molecule is C1=CCC(CN2CCN(Cc3ccc4c(c3)OCO4)CC2)CC1. The van der Waals surface area contributed by atoms with E-state index in [0.717, 1.165) is 37.1 Å². The lowest BCUT2D eigenvalue weighted by Gasteiger charge is -2.36. The Morgan fingerprint density at radius 1 is 0.957 bits per heavy atom. The molecule has 0 N–H and O–H groups in total. The Hall–Kier alpha value is -1.52. The molecule has 0 saturated carbocycles. The maximum atomic E-state index is 5.48. The van der Waals surface area contributed by atoms with E-state index in [4.69, 9.17) is 9.47 Å². The monoisotopic (exact) mass is 314 g/mol. The molecule has 1 aromatic carbocycles. The molecule has 0 aromatic heterocycles. The van der Waals surface area contributed by atoms with Crippen molar-refractivity contribution in [3.8, 4) is 11.5 Å². The second-order valence-corrected chi connectivity index (χ2v) is 6.91. The van der Waals surface area contributed by atoms with Crippen LogP contribution in [0.15, 0.2) is 30.4 Å². The highest BCUT2D eigenvalue weighted by molar-refractivity contribution is 5.44. The van der Waals surface area contributed by atoms with Crippen LogP contribution in [0.2, 0.25) is 0 Å². The quantitative estimate of drug-likeness (QED) is 0.798. The molecule has 1 aromatic rings. The molecular formula is C19H26N2O2. The van der Waals surface area contributed by atoms with Crippen LogP contribution in [-0.4, -0.2) is 49.3 Å². The molecule has 4 heteroatoms. The lowest BCUT2D eigenvalue weighted by Crippen LogP contribution is -2.47. The van der Waals surface area contributed by atoms with Crippen LogP contribution in [0, 0.1) is 5.92 Å². The van der Waals surface area contributed by atoms with Crippen LogP contribution in [0.1, 0.15) is 24.8 Å². The van der Waals surface area contributed by atoms with E-state index in [-0.39, 0.29) is 0 Å². The lowest BCUT2D eigenvalue weighted by molar-refractivity contribution is 0.111. The maximum Gasteiger partial charge on any atom is 0.231 e. The molecule has 2 heterocycles. The van der Waals surface area contributed by atoms with Crippen LogP contribution in [0.3, 0.4) is 0 Å². The summed E-state index contributed by atoms with van der Waals surface area (Å²) in [6.45, 7) is 7.37. The van der Waals surface area contributed by atoms with Gasteiger partial charge in [0.2, 0.25) is 6.79 Å². The predicted molar refractivity (Wildman–Crippen MR) is 90.8 cm³/mol. The molecule has 1 saturated heterocycles. The molecule has 1 unspecified atom stereocenters. The van der Waals surface area contributed by atoms with Gasteiger partial charge < -0.3 is 14.4 Å². The van der Waals surface area contributed by atoms with Gasteiger partial charge in [-0.1, -0.05) is 18.2 Å². The second-order valence-electron chi connectivity index (χ2n) is 6.91. The first kappa shape index (κ1) is 15.0. The molecule has 1 fully saturated rings. The van der Waals surface area contributed by atoms with E-state index in [9.17, 15) is 0 Å². The van der Waals surface area contributed by atoms with Crippen molar-refractivity contribution in [3.63, 3.8) is 0 Å². The van der Waals surface area contributed by atoms with Gasteiger partial charge in [0.1, 0.15) is 0 Å². The molecule has 4 rings (SSSR count). The molecule has 1 aliphatic carbocycles. The van der Waals surface area contributed by atoms with Gasteiger partial charge in [0, 0.05) is 39.3 Å². The van der Waals surface area contributed by atoms with E-state index in [2.05, 4.69) is 34.1 Å². The van der Waals surface area contributed by atoms with Gasteiger partial charge in [0.15, 0.2) is 11.5 Å². The average Bonchev–Trinajstić information content (AvgIpc) is 3.05. The van der Waals surface area contributed by atoms with E-state index < -0.39 is 0 Å². The summed E-state index contributed by atoms with van der Waals surface area (Å²) in [6, 6.07) is 6.32. The standard InChI is InChI=1S/C19H26N2O2/c1-2-4-16(5-3-1)13-20-8-10-21(11-9-20)14-17-6-7-18-19(12-17)23-15-22-18/h1-2,6-7,12,16H,3-5,8-11,13-15H2. The fourth-order valence-corrected chi connectivity index (χ4v) is 3.81. The topological polar surface area (TPSA) is 24.9 Å². The third-order valence-electron chi connectivity index (χ3n) is 5.20. The number of hydrogen-bond acceptors (Lipinski definition) is 4. The highest BCUT2D eigenvalue weighted by Crippen LogP contribution is 2.32. The van der Waals surface area contributed by atoms with E-state index in [1.54, 1.807) is 0 Å². The predicted octanol–water partition coefficient (Wildman–Crippen LogP) is 2.89. The first-order valence-electron chi connectivity index (χ1n) is 8.85. The van der Waals surface area contributed by atoms with Gasteiger partial charge >= 0.3 is 0 Å². The molecule has 0 amide bonds. The number of piperazine rings is 1. The number of allylic oxidation sites excluding steroid dienone is 2. The molecule has 0 radical (unpaired) electrons. The Labute approximate surface area is 138 Å². The number of nitrogens with zero attached hydrogens (tertiary/aromatic N) is 2. The summed E-state index contributed by atoms with van der Waals surface area (Å²) in [6.07, 6.45) is 8.62. The first-order chi connectivity index (χ1) is 11.4. The van der Waals surface area contributed by atoms with Crippen LogP contribution in [0.4, 0.5) is 0 Å². The first-order valence-corrected chi connectivity index (χ1v) is 8.85. The zero-order valence-corrected chi connectivity index (χ0v) is 13.7. The van der Waals surface area contributed by atoms with Crippen LogP contribution in [-0.2, 0) is 6.54 Å².